The Balaban J connectivity index is 1.68. The van der Waals surface area contributed by atoms with Gasteiger partial charge in [-0.2, -0.15) is 18.3 Å². The number of hydrogen-bond donors (Lipinski definition) is 1. The minimum absolute atomic E-state index is 0.197. The molecule has 0 saturated heterocycles. The fourth-order valence-corrected chi connectivity index (χ4v) is 3.10. The molecule has 1 atom stereocenters. The Morgan fingerprint density at radius 2 is 1.87 bits per heavy atom. The van der Waals surface area contributed by atoms with Crippen LogP contribution in [0.3, 0.4) is 0 Å². The van der Waals surface area contributed by atoms with Crippen molar-refractivity contribution < 1.29 is 31.1 Å². The summed E-state index contributed by atoms with van der Waals surface area (Å²) < 4.78 is 79.0. The first-order valence-electron chi connectivity index (χ1n) is 9.18. The van der Waals surface area contributed by atoms with Gasteiger partial charge in [-0.1, -0.05) is 6.07 Å². The zero-order valence-electron chi connectivity index (χ0n) is 16.5. The molecule has 1 N–H and O–H groups in total. The smallest absolute Gasteiger partial charge is 0.348 e. The molecule has 0 radical (unpaired) electrons. The minimum Gasteiger partial charge on any atom is -0.348 e. The molecule has 0 aliphatic rings. The quantitative estimate of drug-likeness (QED) is 0.563. The second-order valence-corrected chi connectivity index (χ2v) is 7.25. The highest BCUT2D eigenvalue weighted by Gasteiger charge is 2.30. The second kappa shape index (κ2) is 8.20. The van der Waals surface area contributed by atoms with E-state index in [1.165, 1.54) is 24.5 Å². The average molecular weight is 444 g/mol. The number of nitrogens with zero attached hydrogens (tertiary/aromatic N) is 3. The summed E-state index contributed by atoms with van der Waals surface area (Å²) in [6, 6.07) is 3.98. The number of aromatic nitrogens is 3. The van der Waals surface area contributed by atoms with Crippen molar-refractivity contribution in [1.82, 2.24) is 20.1 Å². The molecule has 166 valence electrons. The number of carbonyl (C=O) groups excluding carboxylic acids is 1. The van der Waals surface area contributed by atoms with E-state index in [1.54, 1.807) is 6.92 Å². The van der Waals surface area contributed by atoms with Crippen LogP contribution in [0.4, 0.5) is 26.3 Å². The summed E-state index contributed by atoms with van der Waals surface area (Å²) >= 11 is 0. The third-order valence-corrected chi connectivity index (χ3v) is 4.57. The van der Waals surface area contributed by atoms with E-state index in [-0.39, 0.29) is 17.5 Å². The number of rotatable bonds is 6. The van der Waals surface area contributed by atoms with E-state index < -0.39 is 42.0 Å². The van der Waals surface area contributed by atoms with Crippen LogP contribution in [0.1, 0.15) is 36.7 Å². The summed E-state index contributed by atoms with van der Waals surface area (Å²) in [6.07, 6.45) is -2.16. The van der Waals surface area contributed by atoms with Crippen molar-refractivity contribution in [3.63, 3.8) is 0 Å². The topological polar surface area (TPSA) is 59.8 Å². The van der Waals surface area contributed by atoms with Gasteiger partial charge in [-0.3, -0.25) is 14.5 Å². The van der Waals surface area contributed by atoms with Crippen LogP contribution in [0.15, 0.2) is 36.7 Å². The van der Waals surface area contributed by atoms with E-state index in [0.717, 1.165) is 16.8 Å². The molecule has 2 heterocycles. The van der Waals surface area contributed by atoms with Crippen LogP contribution in [0.5, 0.6) is 0 Å². The van der Waals surface area contributed by atoms with Crippen molar-refractivity contribution in [3.8, 4) is 0 Å². The Morgan fingerprint density at radius 1 is 1.16 bits per heavy atom. The van der Waals surface area contributed by atoms with Crippen molar-refractivity contribution in [1.29, 1.82) is 0 Å². The number of hydrogen-bond acceptors (Lipinski definition) is 3. The van der Waals surface area contributed by atoms with Gasteiger partial charge in [0.15, 0.2) is 0 Å². The van der Waals surface area contributed by atoms with Crippen LogP contribution in [0.25, 0.3) is 10.9 Å². The highest BCUT2D eigenvalue weighted by molar-refractivity contribution is 5.80. The van der Waals surface area contributed by atoms with Gasteiger partial charge in [-0.25, -0.2) is 13.2 Å². The number of amides is 1. The van der Waals surface area contributed by atoms with Crippen molar-refractivity contribution in [3.05, 3.63) is 59.3 Å². The Morgan fingerprint density at radius 3 is 2.48 bits per heavy atom. The molecule has 3 rings (SSSR count). The van der Waals surface area contributed by atoms with E-state index in [2.05, 4.69) is 15.4 Å². The monoisotopic (exact) mass is 444 g/mol. The zero-order valence-corrected chi connectivity index (χ0v) is 16.5. The van der Waals surface area contributed by atoms with Crippen molar-refractivity contribution in [2.75, 3.05) is 0 Å². The van der Waals surface area contributed by atoms with Gasteiger partial charge in [0, 0.05) is 12.3 Å². The van der Waals surface area contributed by atoms with Gasteiger partial charge < -0.3 is 5.32 Å². The summed E-state index contributed by atoms with van der Waals surface area (Å²) in [6.45, 7) is 0.951. The molecule has 31 heavy (non-hydrogen) atoms. The third kappa shape index (κ3) is 5.53. The predicted octanol–water partition coefficient (Wildman–Crippen LogP) is 4.66. The Bertz CT molecular complexity index is 1100. The van der Waals surface area contributed by atoms with Crippen molar-refractivity contribution in [2.45, 2.75) is 45.0 Å². The molecule has 0 unspecified atom stereocenters. The lowest BCUT2D eigenvalue weighted by Gasteiger charge is -2.15. The summed E-state index contributed by atoms with van der Waals surface area (Å²) in [5.41, 5.74) is 0.0445. The zero-order chi connectivity index (χ0) is 23.0. The molecule has 2 aromatic heterocycles. The lowest BCUT2D eigenvalue weighted by molar-refractivity contribution is -0.141. The molecule has 0 fully saturated rings. The first-order chi connectivity index (χ1) is 14.3. The van der Waals surface area contributed by atoms with Crippen molar-refractivity contribution >= 4 is 16.8 Å². The summed E-state index contributed by atoms with van der Waals surface area (Å²) in [5.74, 6) is -4.94. The van der Waals surface area contributed by atoms with Gasteiger partial charge in [0.25, 0.3) is 5.92 Å². The summed E-state index contributed by atoms with van der Waals surface area (Å²) in [5, 5.41) is 6.77. The maximum Gasteiger partial charge on any atom is 0.408 e. The molecule has 0 spiro atoms. The minimum atomic E-state index is -4.43. The number of benzene rings is 1. The Hall–Kier alpha value is -3.11. The number of nitrogens with one attached hydrogen (secondary N) is 1. The van der Waals surface area contributed by atoms with E-state index in [4.69, 9.17) is 0 Å². The lowest BCUT2D eigenvalue weighted by atomic mass is 10.0. The van der Waals surface area contributed by atoms with Gasteiger partial charge in [-0.15, -0.1) is 0 Å². The Labute approximate surface area is 173 Å². The number of carbonyl (C=O) groups is 1. The van der Waals surface area contributed by atoms with Crippen molar-refractivity contribution in [2.24, 2.45) is 0 Å². The first kappa shape index (κ1) is 22.6. The highest BCUT2D eigenvalue weighted by Crippen LogP contribution is 2.29. The SMILES string of the molecule is C[C@@H](NC(=O)Cc1ccc(C(C)(F)F)c(F)c1)c1cc2cnn(CC(F)(F)F)c2cn1. The molecular formula is C20H18F6N4O. The molecule has 11 heteroatoms. The molecule has 0 saturated carbocycles. The highest BCUT2D eigenvalue weighted by atomic mass is 19.4. The van der Waals surface area contributed by atoms with Crippen LogP contribution in [0, 0.1) is 5.82 Å². The molecule has 5 nitrogen and oxygen atoms in total. The standard InChI is InChI=1S/C20H18F6N4O/c1-11(16-7-13-8-28-30(10-20(24,25)26)17(13)9-27-16)29-18(31)6-12-3-4-14(15(21)5-12)19(2,22)23/h3-5,7-9,11H,6,10H2,1-2H3,(H,29,31)/t11-/m1/s1. The normalized spacial score (nSPS) is 13.4. The molecule has 1 amide bonds. The van der Waals surface area contributed by atoms with E-state index >= 15 is 0 Å². The predicted molar refractivity (Wildman–Crippen MR) is 99.8 cm³/mol. The molecular weight excluding hydrogens is 426 g/mol. The molecule has 0 aliphatic carbocycles. The summed E-state index contributed by atoms with van der Waals surface area (Å²) in [4.78, 5) is 16.4. The third-order valence-electron chi connectivity index (χ3n) is 4.57. The van der Waals surface area contributed by atoms with Crippen LogP contribution >= 0.6 is 0 Å². The fourth-order valence-electron chi connectivity index (χ4n) is 3.10. The fraction of sp³-hybridized carbons (Fsp3) is 0.350. The molecule has 0 aliphatic heterocycles. The maximum atomic E-state index is 13.9. The van der Waals surface area contributed by atoms with E-state index in [9.17, 15) is 31.1 Å². The van der Waals surface area contributed by atoms with Crippen LogP contribution < -0.4 is 5.32 Å². The van der Waals surface area contributed by atoms with Gasteiger partial charge in [0.05, 0.1) is 41.6 Å². The van der Waals surface area contributed by atoms with Gasteiger partial charge in [0.2, 0.25) is 5.91 Å². The van der Waals surface area contributed by atoms with Crippen LogP contribution in [-0.4, -0.2) is 26.8 Å². The molecule has 0 bridgehead atoms. The van der Waals surface area contributed by atoms with Crippen LogP contribution in [-0.2, 0) is 23.7 Å². The lowest BCUT2D eigenvalue weighted by Crippen LogP contribution is -2.28. The van der Waals surface area contributed by atoms with Gasteiger partial charge in [-0.05, 0) is 30.7 Å². The Kier molecular flexibility index (Phi) is 5.97. The van der Waals surface area contributed by atoms with Gasteiger partial charge >= 0.3 is 6.18 Å². The summed E-state index contributed by atoms with van der Waals surface area (Å²) in [7, 11) is 0. The van der Waals surface area contributed by atoms with Gasteiger partial charge in [0.1, 0.15) is 12.4 Å². The van der Waals surface area contributed by atoms with Crippen LogP contribution in [0.2, 0.25) is 0 Å². The first-order valence-corrected chi connectivity index (χ1v) is 9.18. The number of alkyl halides is 5. The maximum absolute atomic E-state index is 13.9. The number of pyridine rings is 1. The van der Waals surface area contributed by atoms with E-state index in [0.29, 0.717) is 18.0 Å². The largest absolute Gasteiger partial charge is 0.408 e. The molecule has 1 aromatic carbocycles. The number of halogens is 6. The second-order valence-electron chi connectivity index (χ2n) is 7.25. The number of fused-ring (bicyclic) bond motifs is 1. The average Bonchev–Trinajstić information content (AvgIpc) is 3.01. The molecule has 3 aromatic rings. The van der Waals surface area contributed by atoms with E-state index in [1.807, 2.05) is 0 Å².